The Kier molecular flexibility index (Phi) is 8.41. The summed E-state index contributed by atoms with van der Waals surface area (Å²) in [5, 5.41) is 19.6. The summed E-state index contributed by atoms with van der Waals surface area (Å²) in [4.78, 5) is 22.5. The summed E-state index contributed by atoms with van der Waals surface area (Å²) < 4.78 is 0. The molecule has 1 atom stereocenters. The van der Waals surface area contributed by atoms with Crippen LogP contribution in [-0.4, -0.2) is 58.8 Å². The molecular weight excluding hydrogens is 260 g/mol. The summed E-state index contributed by atoms with van der Waals surface area (Å²) in [6.07, 6.45) is 1.17. The summed E-state index contributed by atoms with van der Waals surface area (Å²) in [6.45, 7) is 10.6. The molecule has 0 aromatic heterocycles. The van der Waals surface area contributed by atoms with Crippen molar-refractivity contribution in [3.8, 4) is 0 Å². The van der Waals surface area contributed by atoms with E-state index in [1.807, 2.05) is 13.8 Å². The lowest BCUT2D eigenvalue weighted by Crippen LogP contribution is -2.50. The van der Waals surface area contributed by atoms with Crippen molar-refractivity contribution in [1.29, 1.82) is 0 Å². The number of aliphatic hydroxyl groups excluding tert-OH is 1. The first-order chi connectivity index (χ1) is 9.35. The molecule has 1 rings (SSSR count). The van der Waals surface area contributed by atoms with E-state index < -0.39 is 6.10 Å². The average Bonchev–Trinajstić information content (AvgIpc) is 3.15. The van der Waals surface area contributed by atoms with Gasteiger partial charge in [0.25, 0.3) is 6.47 Å². The molecule has 6 nitrogen and oxygen atoms in total. The number of carboxylic acid groups (broad SMARTS) is 1. The topological polar surface area (TPSA) is 89.9 Å². The first-order valence-corrected chi connectivity index (χ1v) is 7.16. The lowest BCUT2D eigenvalue weighted by Gasteiger charge is -2.27. The second-order valence-corrected chi connectivity index (χ2v) is 5.53. The highest BCUT2D eigenvalue weighted by Gasteiger charge is 2.45. The number of aliphatic hydroxyl groups is 1. The quantitative estimate of drug-likeness (QED) is 0.600. The van der Waals surface area contributed by atoms with Gasteiger partial charge in [0.2, 0.25) is 5.91 Å². The number of likely N-dealkylation sites (N-methyl/N-ethyl adjacent to an activating group) is 1. The van der Waals surface area contributed by atoms with Crippen molar-refractivity contribution < 1.29 is 19.8 Å². The van der Waals surface area contributed by atoms with E-state index in [4.69, 9.17) is 9.90 Å². The summed E-state index contributed by atoms with van der Waals surface area (Å²) in [7, 11) is 0. The van der Waals surface area contributed by atoms with Crippen molar-refractivity contribution in [3.63, 3.8) is 0 Å². The van der Waals surface area contributed by atoms with E-state index in [0.29, 0.717) is 0 Å². The second kappa shape index (κ2) is 8.92. The molecule has 1 unspecified atom stereocenters. The fraction of sp³-hybridized carbons (Fsp3) is 0.857. The molecular formula is C14H28N2O4. The summed E-state index contributed by atoms with van der Waals surface area (Å²) in [6, 6.07) is 0. The van der Waals surface area contributed by atoms with Gasteiger partial charge < -0.3 is 20.4 Å². The molecule has 1 amide bonds. The van der Waals surface area contributed by atoms with Gasteiger partial charge in [0, 0.05) is 6.54 Å². The summed E-state index contributed by atoms with van der Waals surface area (Å²) >= 11 is 0. The normalized spacial score (nSPS) is 17.1. The second-order valence-electron chi connectivity index (χ2n) is 5.53. The van der Waals surface area contributed by atoms with Crippen LogP contribution in [0.1, 0.15) is 40.5 Å². The molecule has 118 valence electrons. The predicted octanol–water partition coefficient (Wildman–Crippen LogP) is 0.695. The van der Waals surface area contributed by atoms with Crippen LogP contribution >= 0.6 is 0 Å². The highest BCUT2D eigenvalue weighted by atomic mass is 16.3. The molecule has 20 heavy (non-hydrogen) atoms. The third-order valence-corrected chi connectivity index (χ3v) is 3.56. The third kappa shape index (κ3) is 6.34. The van der Waals surface area contributed by atoms with E-state index in [-0.39, 0.29) is 23.8 Å². The SMILES string of the molecule is CCN(CC)CC1(NC(=O)C(O)C(C)C)CC1.O=CO. The average molecular weight is 288 g/mol. The van der Waals surface area contributed by atoms with Crippen LogP contribution in [0.15, 0.2) is 0 Å². The Morgan fingerprint density at radius 3 is 2.10 bits per heavy atom. The van der Waals surface area contributed by atoms with Gasteiger partial charge in [-0.2, -0.15) is 0 Å². The van der Waals surface area contributed by atoms with Gasteiger partial charge in [0.15, 0.2) is 0 Å². The Balaban J connectivity index is 0.00000110. The molecule has 0 spiro atoms. The maximum absolute atomic E-state index is 11.8. The maximum Gasteiger partial charge on any atom is 0.290 e. The van der Waals surface area contributed by atoms with E-state index in [0.717, 1.165) is 32.5 Å². The van der Waals surface area contributed by atoms with E-state index >= 15 is 0 Å². The maximum atomic E-state index is 11.8. The van der Waals surface area contributed by atoms with Gasteiger partial charge in [-0.15, -0.1) is 0 Å². The number of hydrogen-bond acceptors (Lipinski definition) is 4. The zero-order valence-electron chi connectivity index (χ0n) is 12.9. The van der Waals surface area contributed by atoms with Crippen molar-refractivity contribution in [2.45, 2.75) is 52.2 Å². The Hall–Kier alpha value is -1.14. The van der Waals surface area contributed by atoms with Crippen molar-refractivity contribution in [1.82, 2.24) is 10.2 Å². The molecule has 0 saturated heterocycles. The fourth-order valence-corrected chi connectivity index (χ4v) is 1.99. The summed E-state index contributed by atoms with van der Waals surface area (Å²) in [5.74, 6) is -0.246. The monoisotopic (exact) mass is 288 g/mol. The molecule has 0 bridgehead atoms. The molecule has 3 N–H and O–H groups in total. The number of carbonyl (C=O) groups excluding carboxylic acids is 1. The van der Waals surface area contributed by atoms with Crippen molar-refractivity contribution in [2.24, 2.45) is 5.92 Å². The smallest absolute Gasteiger partial charge is 0.290 e. The minimum atomic E-state index is -0.885. The van der Waals surface area contributed by atoms with Crippen molar-refractivity contribution in [2.75, 3.05) is 19.6 Å². The Morgan fingerprint density at radius 1 is 1.35 bits per heavy atom. The van der Waals surface area contributed by atoms with E-state index in [1.54, 1.807) is 0 Å². The molecule has 0 aromatic rings. The van der Waals surface area contributed by atoms with E-state index in [1.165, 1.54) is 0 Å². The third-order valence-electron chi connectivity index (χ3n) is 3.56. The van der Waals surface area contributed by atoms with Crippen LogP contribution in [0.2, 0.25) is 0 Å². The predicted molar refractivity (Wildman–Crippen MR) is 77.4 cm³/mol. The minimum absolute atomic E-state index is 0.0285. The molecule has 0 aliphatic heterocycles. The molecule has 0 heterocycles. The van der Waals surface area contributed by atoms with Crippen LogP contribution in [0.3, 0.4) is 0 Å². The highest BCUT2D eigenvalue weighted by Crippen LogP contribution is 2.36. The Labute approximate surface area is 121 Å². The standard InChI is InChI=1S/C13H26N2O2.CH2O2/c1-5-15(6-2)9-13(7-8-13)14-12(17)11(16)10(3)4;2-1-3/h10-11,16H,5-9H2,1-4H3,(H,14,17);1H,(H,2,3). The van der Waals surface area contributed by atoms with Crippen LogP contribution in [0.25, 0.3) is 0 Å². The van der Waals surface area contributed by atoms with Crippen molar-refractivity contribution >= 4 is 12.4 Å². The molecule has 0 aromatic carbocycles. The summed E-state index contributed by atoms with van der Waals surface area (Å²) in [5.41, 5.74) is -0.0705. The molecule has 1 aliphatic rings. The lowest BCUT2D eigenvalue weighted by atomic mass is 10.1. The van der Waals surface area contributed by atoms with Crippen LogP contribution in [-0.2, 0) is 9.59 Å². The Bertz CT molecular complexity index is 300. The number of carbonyl (C=O) groups is 2. The van der Waals surface area contributed by atoms with Crippen LogP contribution < -0.4 is 5.32 Å². The minimum Gasteiger partial charge on any atom is -0.483 e. The van der Waals surface area contributed by atoms with Gasteiger partial charge in [0.05, 0.1) is 5.54 Å². The first kappa shape index (κ1) is 18.9. The van der Waals surface area contributed by atoms with Gasteiger partial charge in [-0.25, -0.2) is 0 Å². The van der Waals surface area contributed by atoms with E-state index in [2.05, 4.69) is 24.1 Å². The first-order valence-electron chi connectivity index (χ1n) is 7.16. The van der Waals surface area contributed by atoms with Gasteiger partial charge in [-0.1, -0.05) is 27.7 Å². The number of hydrogen-bond donors (Lipinski definition) is 3. The van der Waals surface area contributed by atoms with Gasteiger partial charge >= 0.3 is 0 Å². The van der Waals surface area contributed by atoms with Gasteiger partial charge in [-0.05, 0) is 31.8 Å². The number of nitrogens with one attached hydrogen (secondary N) is 1. The fourth-order valence-electron chi connectivity index (χ4n) is 1.99. The lowest BCUT2D eigenvalue weighted by molar-refractivity contribution is -0.132. The molecule has 1 saturated carbocycles. The van der Waals surface area contributed by atoms with Crippen LogP contribution in [0.5, 0.6) is 0 Å². The molecule has 0 radical (unpaired) electrons. The largest absolute Gasteiger partial charge is 0.483 e. The van der Waals surface area contributed by atoms with Crippen molar-refractivity contribution in [3.05, 3.63) is 0 Å². The Morgan fingerprint density at radius 2 is 1.80 bits per heavy atom. The molecule has 6 heteroatoms. The van der Waals surface area contributed by atoms with Gasteiger partial charge in [-0.3, -0.25) is 9.59 Å². The molecule has 1 aliphatic carbocycles. The number of rotatable bonds is 7. The zero-order valence-corrected chi connectivity index (χ0v) is 12.9. The van der Waals surface area contributed by atoms with E-state index in [9.17, 15) is 9.90 Å². The van der Waals surface area contributed by atoms with Crippen LogP contribution in [0.4, 0.5) is 0 Å². The van der Waals surface area contributed by atoms with Crippen LogP contribution in [0, 0.1) is 5.92 Å². The number of nitrogens with zero attached hydrogens (tertiary/aromatic N) is 1. The van der Waals surface area contributed by atoms with Gasteiger partial charge in [0.1, 0.15) is 6.10 Å². The highest BCUT2D eigenvalue weighted by molar-refractivity contribution is 5.81. The zero-order chi connectivity index (χ0) is 15.8. The number of amides is 1. The molecule has 1 fully saturated rings.